The zero-order chi connectivity index (χ0) is 15.4. The lowest BCUT2D eigenvalue weighted by atomic mass is 9.83. The van der Waals surface area contributed by atoms with Crippen molar-refractivity contribution in [3.63, 3.8) is 0 Å². The second kappa shape index (κ2) is 8.70. The van der Waals surface area contributed by atoms with Crippen LogP contribution in [-0.4, -0.2) is 19.0 Å². The summed E-state index contributed by atoms with van der Waals surface area (Å²) in [6.45, 7) is 4.45. The van der Waals surface area contributed by atoms with Gasteiger partial charge in [0, 0.05) is 6.42 Å². The van der Waals surface area contributed by atoms with E-state index in [4.69, 9.17) is 0 Å². The SMILES string of the molecule is CC(CC(=O)NC1CCCc2ccccc21)C1CCNCC1.Cl. The highest BCUT2D eigenvalue weighted by atomic mass is 35.5. The zero-order valence-corrected chi connectivity index (χ0v) is 14.8. The number of piperidine rings is 1. The molecule has 0 spiro atoms. The first-order chi connectivity index (χ1) is 10.7. The van der Waals surface area contributed by atoms with Crippen molar-refractivity contribution in [3.8, 4) is 0 Å². The van der Waals surface area contributed by atoms with Gasteiger partial charge in [0.15, 0.2) is 0 Å². The van der Waals surface area contributed by atoms with E-state index in [9.17, 15) is 4.79 Å². The van der Waals surface area contributed by atoms with Crippen LogP contribution >= 0.6 is 12.4 Å². The maximum atomic E-state index is 12.4. The van der Waals surface area contributed by atoms with Crippen LogP contribution in [0.5, 0.6) is 0 Å². The molecule has 2 unspecified atom stereocenters. The number of nitrogens with one attached hydrogen (secondary N) is 2. The number of hydrogen-bond donors (Lipinski definition) is 2. The Kier molecular flexibility index (Phi) is 6.91. The second-order valence-corrected chi connectivity index (χ2v) is 6.98. The van der Waals surface area contributed by atoms with E-state index in [1.807, 2.05) is 0 Å². The molecule has 0 radical (unpaired) electrons. The molecule has 23 heavy (non-hydrogen) atoms. The third-order valence-electron chi connectivity index (χ3n) is 5.40. The summed E-state index contributed by atoms with van der Waals surface area (Å²) in [4.78, 5) is 12.4. The number of hydrogen-bond acceptors (Lipinski definition) is 2. The highest BCUT2D eigenvalue weighted by Gasteiger charge is 2.25. The zero-order valence-electron chi connectivity index (χ0n) is 14.0. The average Bonchev–Trinajstić information content (AvgIpc) is 2.56. The maximum absolute atomic E-state index is 12.4. The lowest BCUT2D eigenvalue weighted by Gasteiger charge is -2.30. The molecule has 2 N–H and O–H groups in total. The van der Waals surface area contributed by atoms with E-state index in [2.05, 4.69) is 41.8 Å². The van der Waals surface area contributed by atoms with Crippen molar-refractivity contribution >= 4 is 18.3 Å². The average molecular weight is 337 g/mol. The van der Waals surface area contributed by atoms with E-state index in [1.54, 1.807) is 0 Å². The fraction of sp³-hybridized carbons (Fsp3) is 0.632. The molecule has 1 aliphatic carbocycles. The van der Waals surface area contributed by atoms with E-state index in [-0.39, 0.29) is 24.4 Å². The minimum atomic E-state index is 0. The van der Waals surface area contributed by atoms with Gasteiger partial charge in [0.05, 0.1) is 6.04 Å². The van der Waals surface area contributed by atoms with E-state index in [1.165, 1.54) is 30.4 Å². The molecule has 2 aliphatic rings. The third-order valence-corrected chi connectivity index (χ3v) is 5.40. The van der Waals surface area contributed by atoms with E-state index in [0.717, 1.165) is 25.9 Å². The number of benzene rings is 1. The smallest absolute Gasteiger partial charge is 0.220 e. The molecule has 0 aromatic heterocycles. The molecule has 3 rings (SSSR count). The number of halogens is 1. The summed E-state index contributed by atoms with van der Waals surface area (Å²) < 4.78 is 0. The Morgan fingerprint density at radius 2 is 2.00 bits per heavy atom. The van der Waals surface area contributed by atoms with Crippen molar-refractivity contribution < 1.29 is 4.79 Å². The first-order valence-electron chi connectivity index (χ1n) is 8.82. The Hall–Kier alpha value is -1.06. The van der Waals surface area contributed by atoms with Crippen LogP contribution in [0.3, 0.4) is 0 Å². The number of amides is 1. The third kappa shape index (κ3) is 4.71. The van der Waals surface area contributed by atoms with Gasteiger partial charge in [0.1, 0.15) is 0 Å². The molecule has 1 amide bonds. The molecule has 2 atom stereocenters. The maximum Gasteiger partial charge on any atom is 0.220 e. The fourth-order valence-electron chi connectivity index (χ4n) is 4.03. The van der Waals surface area contributed by atoms with E-state index in [0.29, 0.717) is 18.3 Å². The summed E-state index contributed by atoms with van der Waals surface area (Å²) >= 11 is 0. The van der Waals surface area contributed by atoms with E-state index < -0.39 is 0 Å². The van der Waals surface area contributed by atoms with Gasteiger partial charge in [-0.25, -0.2) is 0 Å². The molecule has 0 saturated carbocycles. The van der Waals surface area contributed by atoms with Gasteiger partial charge in [0.2, 0.25) is 5.91 Å². The molecule has 128 valence electrons. The second-order valence-electron chi connectivity index (χ2n) is 6.98. The summed E-state index contributed by atoms with van der Waals surface area (Å²) in [6, 6.07) is 8.78. The molecule has 0 bridgehead atoms. The molecule has 4 heteroatoms. The highest BCUT2D eigenvalue weighted by molar-refractivity contribution is 5.85. The number of aryl methyl sites for hydroxylation is 1. The Morgan fingerprint density at radius 1 is 1.26 bits per heavy atom. The van der Waals surface area contributed by atoms with Gasteiger partial charge in [-0.15, -0.1) is 12.4 Å². The predicted molar refractivity (Wildman–Crippen MR) is 96.9 cm³/mol. The lowest BCUT2D eigenvalue weighted by molar-refractivity contribution is -0.123. The van der Waals surface area contributed by atoms with Crippen LogP contribution in [0.15, 0.2) is 24.3 Å². The predicted octanol–water partition coefficient (Wildman–Crippen LogP) is 3.63. The van der Waals surface area contributed by atoms with E-state index >= 15 is 0 Å². The van der Waals surface area contributed by atoms with Crippen molar-refractivity contribution in [2.45, 2.75) is 51.5 Å². The van der Waals surface area contributed by atoms with Crippen molar-refractivity contribution in [2.24, 2.45) is 11.8 Å². The Morgan fingerprint density at radius 3 is 2.78 bits per heavy atom. The summed E-state index contributed by atoms with van der Waals surface area (Å²) in [5.41, 5.74) is 2.74. The number of rotatable bonds is 4. The number of carbonyl (C=O) groups excluding carboxylic acids is 1. The first-order valence-corrected chi connectivity index (χ1v) is 8.82. The van der Waals surface area contributed by atoms with Crippen LogP contribution < -0.4 is 10.6 Å². The molecule has 1 saturated heterocycles. The highest BCUT2D eigenvalue weighted by Crippen LogP contribution is 2.30. The molecule has 1 aromatic rings. The number of carbonyl (C=O) groups is 1. The summed E-state index contributed by atoms with van der Waals surface area (Å²) in [5.74, 6) is 1.42. The van der Waals surface area contributed by atoms with Gasteiger partial charge in [-0.2, -0.15) is 0 Å². The monoisotopic (exact) mass is 336 g/mol. The molecule has 3 nitrogen and oxygen atoms in total. The van der Waals surface area contributed by atoms with Crippen LogP contribution in [0, 0.1) is 11.8 Å². The summed E-state index contributed by atoms with van der Waals surface area (Å²) in [6.07, 6.45) is 6.48. The molecule has 1 aromatic carbocycles. The van der Waals surface area contributed by atoms with Crippen molar-refractivity contribution in [2.75, 3.05) is 13.1 Å². The standard InChI is InChI=1S/C19H28N2O.ClH/c1-14(15-9-11-20-12-10-15)13-19(22)21-18-8-4-6-16-5-2-3-7-17(16)18;/h2-3,5,7,14-15,18,20H,4,6,8-13H2,1H3,(H,21,22);1H. The Labute approximate surface area is 146 Å². The number of fused-ring (bicyclic) bond motifs is 1. The van der Waals surface area contributed by atoms with Gasteiger partial charge in [0.25, 0.3) is 0 Å². The van der Waals surface area contributed by atoms with Crippen molar-refractivity contribution in [1.82, 2.24) is 10.6 Å². The largest absolute Gasteiger partial charge is 0.349 e. The Balaban J connectivity index is 0.00000192. The van der Waals surface area contributed by atoms with Crippen molar-refractivity contribution in [3.05, 3.63) is 35.4 Å². The van der Waals surface area contributed by atoms with Gasteiger partial charge in [-0.3, -0.25) is 4.79 Å². The molecule has 1 fully saturated rings. The normalized spacial score (nSPS) is 22.6. The minimum absolute atomic E-state index is 0. The fourth-order valence-corrected chi connectivity index (χ4v) is 4.03. The summed E-state index contributed by atoms with van der Waals surface area (Å²) in [5, 5.41) is 6.69. The summed E-state index contributed by atoms with van der Waals surface area (Å²) in [7, 11) is 0. The minimum Gasteiger partial charge on any atom is -0.349 e. The van der Waals surface area contributed by atoms with Gasteiger partial charge in [-0.05, 0) is 68.2 Å². The van der Waals surface area contributed by atoms with Gasteiger partial charge >= 0.3 is 0 Å². The topological polar surface area (TPSA) is 41.1 Å². The van der Waals surface area contributed by atoms with Crippen molar-refractivity contribution in [1.29, 1.82) is 0 Å². The molecule has 1 aliphatic heterocycles. The van der Waals surface area contributed by atoms with Crippen LogP contribution in [0.1, 0.15) is 56.2 Å². The van der Waals surface area contributed by atoms with Crippen LogP contribution in [0.2, 0.25) is 0 Å². The lowest BCUT2D eigenvalue weighted by Crippen LogP contribution is -2.35. The first kappa shape index (κ1) is 18.3. The van der Waals surface area contributed by atoms with Gasteiger partial charge in [-0.1, -0.05) is 31.2 Å². The Bertz CT molecular complexity index is 514. The van der Waals surface area contributed by atoms with Crippen LogP contribution in [0.4, 0.5) is 0 Å². The van der Waals surface area contributed by atoms with Gasteiger partial charge < -0.3 is 10.6 Å². The molecule has 1 heterocycles. The van der Waals surface area contributed by atoms with Crippen LogP contribution in [-0.2, 0) is 11.2 Å². The quantitative estimate of drug-likeness (QED) is 0.881. The molecular formula is C19H29ClN2O. The molecular weight excluding hydrogens is 308 g/mol. The van der Waals surface area contributed by atoms with Crippen LogP contribution in [0.25, 0.3) is 0 Å².